The van der Waals surface area contributed by atoms with Crippen molar-refractivity contribution in [1.29, 1.82) is 0 Å². The Kier molecular flexibility index (Phi) is 4.42. The second-order valence-electron chi connectivity index (χ2n) is 6.15. The van der Waals surface area contributed by atoms with Crippen LogP contribution in [-0.2, 0) is 22.5 Å². The first-order valence-corrected chi connectivity index (χ1v) is 7.04. The molecule has 0 unspecified atom stereocenters. The van der Waals surface area contributed by atoms with Crippen molar-refractivity contribution in [3.05, 3.63) is 23.3 Å². The summed E-state index contributed by atoms with van der Waals surface area (Å²) in [6.07, 6.45) is 0.588. The van der Waals surface area contributed by atoms with E-state index in [0.29, 0.717) is 24.5 Å². The van der Waals surface area contributed by atoms with Crippen LogP contribution in [0.3, 0.4) is 0 Å². The molecule has 116 valence electrons. The number of nitrogens with one attached hydrogen (secondary N) is 1. The third-order valence-corrected chi connectivity index (χ3v) is 3.36. The van der Waals surface area contributed by atoms with Crippen LogP contribution in [0.5, 0.6) is 11.5 Å². The molecule has 5 heteroatoms. The van der Waals surface area contributed by atoms with E-state index in [-0.39, 0.29) is 12.0 Å². The van der Waals surface area contributed by atoms with E-state index in [9.17, 15) is 4.79 Å². The monoisotopic (exact) mass is 293 g/mol. The average Bonchev–Trinajstić information content (AvgIpc) is 2.43. The number of benzene rings is 1. The summed E-state index contributed by atoms with van der Waals surface area (Å²) in [5, 5.41) is 3.22. The number of esters is 1. The first-order chi connectivity index (χ1) is 9.84. The highest BCUT2D eigenvalue weighted by Crippen LogP contribution is 2.32. The second kappa shape index (κ2) is 5.93. The smallest absolute Gasteiger partial charge is 0.324 e. The molecule has 5 nitrogen and oxygen atoms in total. The van der Waals surface area contributed by atoms with Crippen LogP contribution in [0.2, 0.25) is 0 Å². The maximum Gasteiger partial charge on any atom is 0.324 e. The molecule has 1 heterocycles. The van der Waals surface area contributed by atoms with E-state index in [4.69, 9.17) is 14.2 Å². The van der Waals surface area contributed by atoms with E-state index in [1.54, 1.807) is 14.2 Å². The molecule has 1 aromatic rings. The van der Waals surface area contributed by atoms with Crippen molar-refractivity contribution in [3.8, 4) is 11.5 Å². The van der Waals surface area contributed by atoms with Crippen molar-refractivity contribution in [3.63, 3.8) is 0 Å². The standard InChI is InChI=1S/C16H23NO4/c1-16(2,3)21-15(18)12-6-10-7-13(19-4)14(20-5)8-11(10)9-17-12/h7-8,12,17H,6,9H2,1-5H3/t12-/m1/s1. The summed E-state index contributed by atoms with van der Waals surface area (Å²) in [6.45, 7) is 6.22. The highest BCUT2D eigenvalue weighted by atomic mass is 16.6. The Balaban J connectivity index is 2.18. The summed E-state index contributed by atoms with van der Waals surface area (Å²) in [6, 6.07) is 3.56. The fourth-order valence-corrected chi connectivity index (χ4v) is 2.38. The lowest BCUT2D eigenvalue weighted by molar-refractivity contribution is -0.157. The normalized spacial score (nSPS) is 17.9. The van der Waals surface area contributed by atoms with Gasteiger partial charge >= 0.3 is 5.97 Å². The maximum absolute atomic E-state index is 12.2. The number of hydrogen-bond acceptors (Lipinski definition) is 5. The molecule has 1 atom stereocenters. The zero-order chi connectivity index (χ0) is 15.6. The molecule has 0 saturated carbocycles. The molecule has 21 heavy (non-hydrogen) atoms. The summed E-state index contributed by atoms with van der Waals surface area (Å²) >= 11 is 0. The fraction of sp³-hybridized carbons (Fsp3) is 0.562. The predicted octanol–water partition coefficient (Wildman–Crippen LogP) is 2.06. The lowest BCUT2D eigenvalue weighted by Crippen LogP contribution is -2.45. The van der Waals surface area contributed by atoms with Gasteiger partial charge in [-0.3, -0.25) is 4.79 Å². The van der Waals surface area contributed by atoms with Crippen molar-refractivity contribution in [2.45, 2.75) is 45.4 Å². The molecule has 2 rings (SSSR count). The van der Waals surface area contributed by atoms with Crippen LogP contribution in [0.4, 0.5) is 0 Å². The van der Waals surface area contributed by atoms with Gasteiger partial charge in [0.25, 0.3) is 0 Å². The number of hydrogen-bond donors (Lipinski definition) is 1. The highest BCUT2D eigenvalue weighted by Gasteiger charge is 2.29. The molecule has 0 aromatic heterocycles. The number of carbonyl (C=O) groups excluding carboxylic acids is 1. The van der Waals surface area contributed by atoms with Gasteiger partial charge in [0.15, 0.2) is 11.5 Å². The zero-order valence-electron chi connectivity index (χ0n) is 13.3. The Morgan fingerprint density at radius 2 is 1.71 bits per heavy atom. The molecule has 1 aliphatic rings. The van der Waals surface area contributed by atoms with E-state index in [0.717, 1.165) is 11.1 Å². The first kappa shape index (κ1) is 15.6. The Bertz CT molecular complexity index is 534. The van der Waals surface area contributed by atoms with Gasteiger partial charge in [-0.15, -0.1) is 0 Å². The molecule has 0 spiro atoms. The molecule has 0 amide bonds. The summed E-state index contributed by atoms with van der Waals surface area (Å²) in [4.78, 5) is 12.2. The molecule has 1 aromatic carbocycles. The Labute approximate surface area is 125 Å². The molecule has 1 aliphatic heterocycles. The van der Waals surface area contributed by atoms with Crippen LogP contribution in [0.25, 0.3) is 0 Å². The summed E-state index contributed by atoms with van der Waals surface area (Å²) in [5.74, 6) is 1.16. The zero-order valence-corrected chi connectivity index (χ0v) is 13.3. The van der Waals surface area contributed by atoms with Crippen LogP contribution in [0, 0.1) is 0 Å². The predicted molar refractivity (Wildman–Crippen MR) is 79.7 cm³/mol. The molecule has 0 saturated heterocycles. The summed E-state index contributed by atoms with van der Waals surface area (Å²) in [5.41, 5.74) is 1.73. The Morgan fingerprint density at radius 1 is 1.14 bits per heavy atom. The van der Waals surface area contributed by atoms with Gasteiger partial charge in [0.05, 0.1) is 14.2 Å². The van der Waals surface area contributed by atoms with Gasteiger partial charge in [0.1, 0.15) is 11.6 Å². The number of carbonyl (C=O) groups is 1. The van der Waals surface area contributed by atoms with Crippen molar-refractivity contribution in [2.75, 3.05) is 14.2 Å². The highest BCUT2D eigenvalue weighted by molar-refractivity contribution is 5.77. The van der Waals surface area contributed by atoms with Crippen molar-refractivity contribution in [2.24, 2.45) is 0 Å². The SMILES string of the molecule is COc1cc2c(cc1OC)C[C@H](C(=O)OC(C)(C)C)NC2. The van der Waals surface area contributed by atoms with Crippen LogP contribution >= 0.6 is 0 Å². The molecule has 1 N–H and O–H groups in total. The second-order valence-corrected chi connectivity index (χ2v) is 6.15. The fourth-order valence-electron chi connectivity index (χ4n) is 2.38. The molecule has 0 radical (unpaired) electrons. The van der Waals surface area contributed by atoms with Crippen LogP contribution < -0.4 is 14.8 Å². The van der Waals surface area contributed by atoms with Crippen LogP contribution in [0.15, 0.2) is 12.1 Å². The van der Waals surface area contributed by atoms with Gasteiger partial charge < -0.3 is 19.5 Å². The molecule has 0 aliphatic carbocycles. The minimum atomic E-state index is -0.476. The summed E-state index contributed by atoms with van der Waals surface area (Å²) in [7, 11) is 3.22. The Morgan fingerprint density at radius 3 is 2.24 bits per heavy atom. The minimum Gasteiger partial charge on any atom is -0.493 e. The number of fused-ring (bicyclic) bond motifs is 1. The van der Waals surface area contributed by atoms with E-state index in [1.807, 2.05) is 32.9 Å². The Hall–Kier alpha value is -1.75. The summed E-state index contributed by atoms with van der Waals surface area (Å²) < 4.78 is 16.1. The average molecular weight is 293 g/mol. The van der Waals surface area contributed by atoms with E-state index in [1.165, 1.54) is 0 Å². The van der Waals surface area contributed by atoms with Gasteiger partial charge in [0, 0.05) is 6.54 Å². The largest absolute Gasteiger partial charge is 0.493 e. The van der Waals surface area contributed by atoms with Crippen molar-refractivity contribution in [1.82, 2.24) is 5.32 Å². The minimum absolute atomic E-state index is 0.220. The van der Waals surface area contributed by atoms with Gasteiger partial charge in [-0.05, 0) is 50.5 Å². The molecular weight excluding hydrogens is 270 g/mol. The lowest BCUT2D eigenvalue weighted by atomic mass is 9.95. The first-order valence-electron chi connectivity index (χ1n) is 7.04. The third kappa shape index (κ3) is 3.67. The number of rotatable bonds is 3. The topological polar surface area (TPSA) is 56.8 Å². The molecule has 0 fully saturated rings. The lowest BCUT2D eigenvalue weighted by Gasteiger charge is -2.29. The van der Waals surface area contributed by atoms with Crippen LogP contribution in [0.1, 0.15) is 31.9 Å². The van der Waals surface area contributed by atoms with Crippen molar-refractivity contribution < 1.29 is 19.0 Å². The quantitative estimate of drug-likeness (QED) is 0.865. The molecule has 0 bridgehead atoms. The number of ether oxygens (including phenoxy) is 3. The van der Waals surface area contributed by atoms with Gasteiger partial charge in [-0.2, -0.15) is 0 Å². The number of methoxy groups -OCH3 is 2. The van der Waals surface area contributed by atoms with E-state index in [2.05, 4.69) is 5.32 Å². The van der Waals surface area contributed by atoms with Gasteiger partial charge in [-0.1, -0.05) is 0 Å². The third-order valence-electron chi connectivity index (χ3n) is 3.36. The van der Waals surface area contributed by atoms with E-state index < -0.39 is 5.60 Å². The van der Waals surface area contributed by atoms with E-state index >= 15 is 0 Å². The van der Waals surface area contributed by atoms with Crippen molar-refractivity contribution >= 4 is 5.97 Å². The maximum atomic E-state index is 12.2. The van der Waals surface area contributed by atoms with Gasteiger partial charge in [-0.25, -0.2) is 0 Å². The van der Waals surface area contributed by atoms with Crippen LogP contribution in [-0.4, -0.2) is 31.8 Å². The van der Waals surface area contributed by atoms with Gasteiger partial charge in [0.2, 0.25) is 0 Å². The molecular formula is C16H23NO4.